The largest absolute Gasteiger partial charge is 0.480 e. The second kappa shape index (κ2) is 7.98. The number of nitriles is 1. The number of hydrogen-bond donors (Lipinski definition) is 3. The van der Waals surface area contributed by atoms with Crippen molar-refractivity contribution in [1.29, 1.82) is 5.26 Å². The number of carbonyl (C=O) groups excluding carboxylic acids is 2. The molecule has 0 unspecified atom stereocenters. The van der Waals surface area contributed by atoms with E-state index in [0.717, 1.165) is 0 Å². The lowest BCUT2D eigenvalue weighted by molar-refractivity contribution is -0.143. The molecule has 0 aliphatic rings. The van der Waals surface area contributed by atoms with Gasteiger partial charge in [0.1, 0.15) is 13.2 Å². The molecule has 0 saturated heterocycles. The van der Waals surface area contributed by atoms with Crippen LogP contribution < -0.4 is 10.6 Å². The van der Waals surface area contributed by atoms with E-state index in [4.69, 9.17) is 10.4 Å². The second-order valence-electron chi connectivity index (χ2n) is 3.70. The van der Waals surface area contributed by atoms with Crippen LogP contribution in [-0.4, -0.2) is 36.2 Å². The number of carboxylic acid groups (broad SMARTS) is 1. The average molecular weight is 356 g/mol. The van der Waals surface area contributed by atoms with Crippen molar-refractivity contribution in [1.82, 2.24) is 5.32 Å². The van der Waals surface area contributed by atoms with Gasteiger partial charge in [-0.15, -0.1) is 0 Å². The van der Waals surface area contributed by atoms with Crippen LogP contribution in [0.15, 0.2) is 22.7 Å². The van der Waals surface area contributed by atoms with Gasteiger partial charge in [-0.2, -0.15) is 5.26 Å². The number of amides is 3. The average Bonchev–Trinajstić information content (AvgIpc) is 2.40. The van der Waals surface area contributed by atoms with Crippen LogP contribution in [0.3, 0.4) is 0 Å². The van der Waals surface area contributed by atoms with Gasteiger partial charge in [-0.3, -0.25) is 10.1 Å². The second-order valence-corrected chi connectivity index (χ2v) is 4.55. The molecule has 0 heterocycles. The van der Waals surface area contributed by atoms with Gasteiger partial charge in [0.05, 0.1) is 17.3 Å². The number of imide groups is 1. The Kier molecular flexibility index (Phi) is 6.32. The van der Waals surface area contributed by atoms with Crippen LogP contribution in [0.1, 0.15) is 5.56 Å². The van der Waals surface area contributed by atoms with E-state index in [2.05, 4.69) is 26.0 Å². The van der Waals surface area contributed by atoms with Crippen LogP contribution in [-0.2, 0) is 14.3 Å². The highest BCUT2D eigenvalue weighted by molar-refractivity contribution is 9.10. The number of urea groups is 1. The van der Waals surface area contributed by atoms with Gasteiger partial charge in [-0.1, -0.05) is 0 Å². The van der Waals surface area contributed by atoms with E-state index >= 15 is 0 Å². The number of nitrogens with zero attached hydrogens (tertiary/aromatic N) is 1. The molecule has 0 radical (unpaired) electrons. The molecule has 0 bridgehead atoms. The van der Waals surface area contributed by atoms with Gasteiger partial charge < -0.3 is 15.2 Å². The molecule has 8 nitrogen and oxygen atoms in total. The van der Waals surface area contributed by atoms with Crippen LogP contribution in [0.5, 0.6) is 0 Å². The van der Waals surface area contributed by atoms with Crippen LogP contribution in [0.25, 0.3) is 0 Å². The number of halogens is 1. The number of nitrogens with one attached hydrogen (secondary N) is 2. The summed E-state index contributed by atoms with van der Waals surface area (Å²) in [6.07, 6.45) is 0. The normalized spacial score (nSPS) is 9.52. The van der Waals surface area contributed by atoms with Crippen molar-refractivity contribution in [2.45, 2.75) is 0 Å². The molecule has 9 heteroatoms. The summed E-state index contributed by atoms with van der Waals surface area (Å²) in [5.74, 6) is -1.99. The first-order chi connectivity index (χ1) is 9.92. The third-order valence-electron chi connectivity index (χ3n) is 2.06. The summed E-state index contributed by atoms with van der Waals surface area (Å²) >= 11 is 3.17. The number of hydrogen-bond acceptors (Lipinski definition) is 5. The molecule has 0 fully saturated rings. The highest BCUT2D eigenvalue weighted by Crippen LogP contribution is 2.23. The van der Waals surface area contributed by atoms with E-state index in [1.54, 1.807) is 0 Å². The van der Waals surface area contributed by atoms with Crippen molar-refractivity contribution in [3.05, 3.63) is 28.2 Å². The zero-order valence-electron chi connectivity index (χ0n) is 10.6. The molecule has 0 aliphatic heterocycles. The molecule has 0 spiro atoms. The molecule has 1 rings (SSSR count). The number of benzene rings is 1. The third-order valence-corrected chi connectivity index (χ3v) is 2.71. The number of ether oxygens (including phenoxy) is 1. The number of carboxylic acids is 1. The topological polar surface area (TPSA) is 129 Å². The maximum Gasteiger partial charge on any atom is 0.329 e. The predicted octanol–water partition coefficient (Wildman–Crippen LogP) is 1.07. The number of aliphatic carboxylic acids is 1. The fourth-order valence-corrected chi connectivity index (χ4v) is 1.71. The van der Waals surface area contributed by atoms with E-state index in [0.29, 0.717) is 15.7 Å². The van der Waals surface area contributed by atoms with Crippen molar-refractivity contribution in [2.75, 3.05) is 18.5 Å². The molecule has 0 aromatic heterocycles. The van der Waals surface area contributed by atoms with Crippen molar-refractivity contribution in [3.63, 3.8) is 0 Å². The van der Waals surface area contributed by atoms with Crippen LogP contribution in [0.2, 0.25) is 0 Å². The summed E-state index contributed by atoms with van der Waals surface area (Å²) in [5.41, 5.74) is 0.775. The van der Waals surface area contributed by atoms with Gasteiger partial charge in [0.15, 0.2) is 0 Å². The molecule has 0 aliphatic carbocycles. The first kappa shape index (κ1) is 16.6. The van der Waals surface area contributed by atoms with Crippen LogP contribution in [0.4, 0.5) is 10.5 Å². The Morgan fingerprint density at radius 3 is 2.62 bits per heavy atom. The number of rotatable bonds is 5. The highest BCUT2D eigenvalue weighted by Gasteiger charge is 2.10. The molecule has 1 aromatic rings. The Labute approximate surface area is 127 Å². The molecule has 1 aromatic carbocycles. The quantitative estimate of drug-likeness (QED) is 0.724. The smallest absolute Gasteiger partial charge is 0.329 e. The molecular weight excluding hydrogens is 346 g/mol. The summed E-state index contributed by atoms with van der Waals surface area (Å²) < 4.78 is 5.00. The third kappa shape index (κ3) is 6.03. The van der Waals surface area contributed by atoms with Gasteiger partial charge in [-0.05, 0) is 34.1 Å². The Morgan fingerprint density at radius 2 is 2.05 bits per heavy atom. The maximum absolute atomic E-state index is 11.5. The van der Waals surface area contributed by atoms with Crippen molar-refractivity contribution in [3.8, 4) is 6.07 Å². The fourth-order valence-electron chi connectivity index (χ4n) is 1.23. The lowest BCUT2D eigenvalue weighted by Gasteiger charge is -2.08. The summed E-state index contributed by atoms with van der Waals surface area (Å²) in [6, 6.07) is 5.63. The van der Waals surface area contributed by atoms with Crippen molar-refractivity contribution in [2.24, 2.45) is 0 Å². The Morgan fingerprint density at radius 1 is 1.33 bits per heavy atom. The molecule has 3 amide bonds. The van der Waals surface area contributed by atoms with E-state index in [1.807, 2.05) is 11.4 Å². The Bertz CT molecular complexity index is 611. The lowest BCUT2D eigenvalue weighted by Crippen LogP contribution is -2.37. The highest BCUT2D eigenvalue weighted by atomic mass is 79.9. The van der Waals surface area contributed by atoms with E-state index < -0.39 is 31.1 Å². The summed E-state index contributed by atoms with van der Waals surface area (Å²) in [5, 5.41) is 21.4. The van der Waals surface area contributed by atoms with Crippen molar-refractivity contribution < 1.29 is 24.2 Å². The van der Waals surface area contributed by atoms with E-state index in [9.17, 15) is 14.4 Å². The van der Waals surface area contributed by atoms with Gasteiger partial charge in [0.25, 0.3) is 5.91 Å². The zero-order chi connectivity index (χ0) is 15.8. The Balaban J connectivity index is 2.48. The van der Waals surface area contributed by atoms with Gasteiger partial charge in [0, 0.05) is 4.47 Å². The maximum atomic E-state index is 11.5. The zero-order valence-corrected chi connectivity index (χ0v) is 12.1. The first-order valence-electron chi connectivity index (χ1n) is 5.52. The van der Waals surface area contributed by atoms with Gasteiger partial charge in [0.2, 0.25) is 0 Å². The van der Waals surface area contributed by atoms with Crippen LogP contribution >= 0.6 is 15.9 Å². The van der Waals surface area contributed by atoms with Crippen LogP contribution in [0, 0.1) is 11.3 Å². The molecule has 110 valence electrons. The molecular formula is C12H10BrN3O5. The first-order valence-corrected chi connectivity index (χ1v) is 6.31. The molecule has 0 atom stereocenters. The van der Waals surface area contributed by atoms with E-state index in [1.165, 1.54) is 18.2 Å². The minimum Gasteiger partial charge on any atom is -0.480 e. The van der Waals surface area contributed by atoms with Crippen molar-refractivity contribution >= 4 is 39.5 Å². The molecule has 3 N–H and O–H groups in total. The predicted molar refractivity (Wildman–Crippen MR) is 74.5 cm³/mol. The number of carbonyl (C=O) groups is 3. The minimum atomic E-state index is -1.21. The standard InChI is InChI=1S/C12H10BrN3O5/c13-8-3-7(4-14)1-2-9(8)15-12(20)16-10(17)5-21-6-11(18)19/h1-3H,5-6H2,(H,18,19)(H2,15,16,17,20). The van der Waals surface area contributed by atoms with Gasteiger partial charge >= 0.3 is 12.0 Å². The monoisotopic (exact) mass is 355 g/mol. The molecule has 0 saturated carbocycles. The minimum absolute atomic E-state index is 0.366. The summed E-state index contributed by atoms with van der Waals surface area (Å²) in [4.78, 5) is 33.0. The lowest BCUT2D eigenvalue weighted by atomic mass is 10.2. The molecule has 21 heavy (non-hydrogen) atoms. The summed E-state index contributed by atoms with van der Waals surface area (Å²) in [7, 11) is 0. The summed E-state index contributed by atoms with van der Waals surface area (Å²) in [6.45, 7) is -1.18. The number of anilines is 1. The fraction of sp³-hybridized carbons (Fsp3) is 0.167. The Hall–Kier alpha value is -2.44. The SMILES string of the molecule is N#Cc1ccc(NC(=O)NC(=O)COCC(=O)O)c(Br)c1. The van der Waals surface area contributed by atoms with E-state index in [-0.39, 0.29) is 0 Å². The van der Waals surface area contributed by atoms with Gasteiger partial charge in [-0.25, -0.2) is 9.59 Å².